The maximum Gasteiger partial charge on any atom is 0.265 e. The molecule has 0 saturated carbocycles. The summed E-state index contributed by atoms with van der Waals surface area (Å²) in [4.78, 5) is 0.497. The summed E-state index contributed by atoms with van der Waals surface area (Å²) in [5, 5.41) is 0. The van der Waals surface area contributed by atoms with Crippen LogP contribution in [0.3, 0.4) is 0 Å². The van der Waals surface area contributed by atoms with E-state index in [2.05, 4.69) is 78.8 Å². The Labute approximate surface area is 212 Å². The number of para-hydroxylation sites is 1. The molecule has 1 aliphatic rings. The van der Waals surface area contributed by atoms with E-state index in [1.54, 1.807) is 4.31 Å². The predicted molar refractivity (Wildman–Crippen MR) is 147 cm³/mol. The average Bonchev–Trinajstić information content (AvgIpc) is 2.83. The van der Waals surface area contributed by atoms with Crippen molar-refractivity contribution in [2.24, 2.45) is 0 Å². The smallest absolute Gasteiger partial charge is 0.259 e. The first-order chi connectivity index (χ1) is 16.5. The fraction of sp³-hybridized carbons (Fsp3) is 0.419. The molecule has 1 heterocycles. The summed E-state index contributed by atoms with van der Waals surface area (Å²) in [5.41, 5.74) is 5.97. The SMILES string of the molecule is CC(C)c1cc(C(C)C)c(S(=O)(=O)N2c3ccccc3[C@H](C)C[C@@H]2c2ccccc2)c(C(C)C)c1. The Hall–Kier alpha value is -2.59. The van der Waals surface area contributed by atoms with Crippen LogP contribution in [0.25, 0.3) is 0 Å². The van der Waals surface area contributed by atoms with Gasteiger partial charge in [0.15, 0.2) is 0 Å². The lowest BCUT2D eigenvalue weighted by Crippen LogP contribution is -2.40. The largest absolute Gasteiger partial charge is 0.265 e. The molecule has 0 radical (unpaired) electrons. The van der Waals surface area contributed by atoms with E-state index in [9.17, 15) is 8.42 Å². The van der Waals surface area contributed by atoms with Gasteiger partial charge in [0.2, 0.25) is 0 Å². The Kier molecular flexibility index (Phi) is 7.15. The van der Waals surface area contributed by atoms with Crippen molar-refractivity contribution in [2.45, 2.75) is 89.5 Å². The van der Waals surface area contributed by atoms with E-state index in [1.807, 2.05) is 36.4 Å². The molecular weight excluding hydrogens is 450 g/mol. The number of benzene rings is 3. The van der Waals surface area contributed by atoms with Crippen LogP contribution in [0.4, 0.5) is 5.69 Å². The molecule has 0 N–H and O–H groups in total. The third-order valence-corrected chi connectivity index (χ3v) is 9.30. The third-order valence-electron chi connectivity index (χ3n) is 7.35. The Bertz CT molecular complexity index is 1260. The molecular formula is C31H39NO2S. The number of sulfonamides is 1. The quantitative estimate of drug-likeness (QED) is 0.348. The van der Waals surface area contributed by atoms with Crippen LogP contribution in [0.2, 0.25) is 0 Å². The molecule has 0 unspecified atom stereocenters. The lowest BCUT2D eigenvalue weighted by molar-refractivity contribution is 0.521. The number of hydrogen-bond donors (Lipinski definition) is 0. The molecule has 3 aromatic carbocycles. The Morgan fingerprint density at radius 3 is 1.86 bits per heavy atom. The summed E-state index contributed by atoms with van der Waals surface area (Å²) in [7, 11) is -3.86. The van der Waals surface area contributed by atoms with Crippen molar-refractivity contribution in [1.82, 2.24) is 0 Å². The Morgan fingerprint density at radius 2 is 1.31 bits per heavy atom. The normalized spacial score (nSPS) is 18.4. The summed E-state index contributed by atoms with van der Waals surface area (Å²) >= 11 is 0. The van der Waals surface area contributed by atoms with Gasteiger partial charge in [0.25, 0.3) is 10.0 Å². The number of hydrogen-bond acceptors (Lipinski definition) is 2. The molecule has 0 saturated heterocycles. The first-order valence-corrected chi connectivity index (χ1v) is 14.3. The van der Waals surface area contributed by atoms with Crippen LogP contribution in [0.5, 0.6) is 0 Å². The van der Waals surface area contributed by atoms with Crippen molar-refractivity contribution in [3.63, 3.8) is 0 Å². The fourth-order valence-electron chi connectivity index (χ4n) is 5.36. The van der Waals surface area contributed by atoms with Crippen molar-refractivity contribution in [1.29, 1.82) is 0 Å². The highest BCUT2D eigenvalue weighted by Gasteiger charge is 2.41. The van der Waals surface area contributed by atoms with Gasteiger partial charge in [-0.15, -0.1) is 0 Å². The van der Waals surface area contributed by atoms with E-state index in [4.69, 9.17) is 0 Å². The summed E-state index contributed by atoms with van der Waals surface area (Å²) in [5.74, 6) is 0.769. The van der Waals surface area contributed by atoms with E-state index in [0.717, 1.165) is 34.4 Å². The van der Waals surface area contributed by atoms with E-state index in [1.165, 1.54) is 5.56 Å². The lowest BCUT2D eigenvalue weighted by atomic mass is 9.86. The minimum absolute atomic E-state index is 0.0881. The predicted octanol–water partition coefficient (Wildman–Crippen LogP) is 8.50. The average molecular weight is 490 g/mol. The maximum atomic E-state index is 14.9. The van der Waals surface area contributed by atoms with E-state index in [0.29, 0.717) is 10.8 Å². The highest BCUT2D eigenvalue weighted by molar-refractivity contribution is 7.93. The van der Waals surface area contributed by atoms with Gasteiger partial charge in [-0.25, -0.2) is 8.42 Å². The summed E-state index contributed by atoms with van der Waals surface area (Å²) < 4.78 is 31.5. The first-order valence-electron chi connectivity index (χ1n) is 12.9. The molecule has 3 nitrogen and oxygen atoms in total. The zero-order valence-corrected chi connectivity index (χ0v) is 22.9. The van der Waals surface area contributed by atoms with Crippen molar-refractivity contribution in [3.8, 4) is 0 Å². The molecule has 2 atom stereocenters. The second kappa shape index (κ2) is 9.81. The summed E-state index contributed by atoms with van der Waals surface area (Å²) in [6, 6.07) is 22.1. The molecule has 186 valence electrons. The van der Waals surface area contributed by atoms with Gasteiger partial charge < -0.3 is 0 Å². The lowest BCUT2D eigenvalue weighted by Gasteiger charge is -2.41. The van der Waals surface area contributed by atoms with Gasteiger partial charge in [-0.05, 0) is 64.0 Å². The molecule has 0 spiro atoms. The number of anilines is 1. The van der Waals surface area contributed by atoms with Crippen LogP contribution in [0, 0.1) is 0 Å². The number of nitrogens with zero attached hydrogens (tertiary/aromatic N) is 1. The fourth-order valence-corrected chi connectivity index (χ4v) is 7.71. The van der Waals surface area contributed by atoms with Crippen molar-refractivity contribution >= 4 is 15.7 Å². The minimum Gasteiger partial charge on any atom is -0.259 e. The van der Waals surface area contributed by atoms with Crippen LogP contribution < -0.4 is 4.31 Å². The van der Waals surface area contributed by atoms with Gasteiger partial charge in [0, 0.05) is 0 Å². The molecule has 4 rings (SSSR count). The van der Waals surface area contributed by atoms with Crippen LogP contribution in [-0.2, 0) is 10.0 Å². The number of rotatable bonds is 6. The summed E-state index contributed by atoms with van der Waals surface area (Å²) in [6.45, 7) is 15.0. The molecule has 4 heteroatoms. The van der Waals surface area contributed by atoms with Gasteiger partial charge in [0.05, 0.1) is 16.6 Å². The zero-order valence-electron chi connectivity index (χ0n) is 22.1. The summed E-state index contributed by atoms with van der Waals surface area (Å²) in [6.07, 6.45) is 0.748. The van der Waals surface area contributed by atoms with Crippen molar-refractivity contribution < 1.29 is 8.42 Å². The van der Waals surface area contributed by atoms with Crippen LogP contribution >= 0.6 is 0 Å². The van der Waals surface area contributed by atoms with Gasteiger partial charge in [0.1, 0.15) is 0 Å². The first kappa shape index (κ1) is 25.5. The Balaban J connectivity index is 2.04. The molecule has 0 amide bonds. The number of fused-ring (bicyclic) bond motifs is 1. The third kappa shape index (κ3) is 4.65. The topological polar surface area (TPSA) is 37.4 Å². The van der Waals surface area contributed by atoms with Crippen LogP contribution in [-0.4, -0.2) is 8.42 Å². The minimum atomic E-state index is -3.86. The second-order valence-electron chi connectivity index (χ2n) is 10.9. The van der Waals surface area contributed by atoms with Gasteiger partial charge >= 0.3 is 0 Å². The van der Waals surface area contributed by atoms with Crippen molar-refractivity contribution in [3.05, 3.63) is 94.5 Å². The Morgan fingerprint density at radius 1 is 0.771 bits per heavy atom. The molecule has 0 bridgehead atoms. The standard InChI is InChI=1S/C31H39NO2S/c1-20(2)25-18-27(21(3)4)31(28(19-25)22(5)6)35(33,34)32-29-16-12-11-15-26(29)23(7)17-30(32)24-13-9-8-10-14-24/h8-16,18-23,30H,17H2,1-7H3/t23-,30-/m1/s1. The van der Waals surface area contributed by atoms with E-state index in [-0.39, 0.29) is 23.8 Å². The van der Waals surface area contributed by atoms with Crippen LogP contribution in [0.15, 0.2) is 71.6 Å². The van der Waals surface area contributed by atoms with Crippen molar-refractivity contribution in [2.75, 3.05) is 4.31 Å². The molecule has 0 fully saturated rings. The highest BCUT2D eigenvalue weighted by Crippen LogP contribution is 2.49. The molecule has 3 aromatic rings. The van der Waals surface area contributed by atoms with E-state index >= 15 is 0 Å². The molecule has 35 heavy (non-hydrogen) atoms. The monoisotopic (exact) mass is 489 g/mol. The molecule has 0 aromatic heterocycles. The van der Waals surface area contributed by atoms with Gasteiger partial charge in [-0.3, -0.25) is 4.31 Å². The van der Waals surface area contributed by atoms with Crippen LogP contribution in [0.1, 0.15) is 112 Å². The zero-order chi connectivity index (χ0) is 25.5. The maximum absolute atomic E-state index is 14.9. The highest BCUT2D eigenvalue weighted by atomic mass is 32.2. The van der Waals surface area contributed by atoms with Gasteiger partial charge in [-0.2, -0.15) is 0 Å². The second-order valence-corrected chi connectivity index (χ2v) is 12.7. The van der Waals surface area contributed by atoms with Gasteiger partial charge in [-0.1, -0.05) is 109 Å². The molecule has 0 aliphatic carbocycles. The molecule has 1 aliphatic heterocycles. The van der Waals surface area contributed by atoms with E-state index < -0.39 is 10.0 Å².